The Hall–Kier alpha value is -1.82. The third-order valence-corrected chi connectivity index (χ3v) is 2.98. The predicted molar refractivity (Wildman–Crippen MR) is 78.4 cm³/mol. The lowest BCUT2D eigenvalue weighted by Crippen LogP contribution is -2.23. The van der Waals surface area contributed by atoms with Crippen LogP contribution in [0, 0.1) is 10.1 Å². The molecule has 0 unspecified atom stereocenters. The van der Waals surface area contributed by atoms with Crippen LogP contribution < -0.4 is 15.4 Å². The third kappa shape index (κ3) is 4.38. The van der Waals surface area contributed by atoms with E-state index in [0.29, 0.717) is 11.8 Å². The smallest absolute Gasteiger partial charge is 0.311 e. The van der Waals surface area contributed by atoms with Gasteiger partial charge in [-0.3, -0.25) is 10.1 Å². The molecule has 1 saturated carbocycles. The van der Waals surface area contributed by atoms with E-state index in [4.69, 9.17) is 4.74 Å². The average Bonchev–Trinajstić information content (AvgIpc) is 3.18. The van der Waals surface area contributed by atoms with E-state index in [0.717, 1.165) is 18.8 Å². The van der Waals surface area contributed by atoms with Gasteiger partial charge in [-0.25, -0.2) is 0 Å². The van der Waals surface area contributed by atoms with Crippen LogP contribution in [0.15, 0.2) is 18.2 Å². The summed E-state index contributed by atoms with van der Waals surface area (Å²) in [5.74, 6) is 0.310. The molecule has 1 aromatic carbocycles. The number of nitro benzene ring substituents is 1. The number of rotatable bonds is 8. The number of hydrogen-bond donors (Lipinski definition) is 2. The molecule has 6 nitrogen and oxygen atoms in total. The fourth-order valence-electron chi connectivity index (χ4n) is 1.89. The van der Waals surface area contributed by atoms with Crippen molar-refractivity contribution in [2.24, 2.45) is 0 Å². The zero-order chi connectivity index (χ0) is 14.5. The van der Waals surface area contributed by atoms with E-state index in [1.54, 1.807) is 12.1 Å². The minimum Gasteiger partial charge on any atom is -0.484 e. The molecule has 0 atom stereocenters. The number of nitrogens with one attached hydrogen (secondary N) is 2. The van der Waals surface area contributed by atoms with Crippen molar-refractivity contribution in [3.63, 3.8) is 0 Å². The monoisotopic (exact) mass is 279 g/mol. The fraction of sp³-hybridized carbons (Fsp3) is 0.571. The van der Waals surface area contributed by atoms with Crippen LogP contribution in [0.1, 0.15) is 26.7 Å². The van der Waals surface area contributed by atoms with E-state index in [-0.39, 0.29) is 11.8 Å². The van der Waals surface area contributed by atoms with E-state index in [9.17, 15) is 10.1 Å². The van der Waals surface area contributed by atoms with Crippen molar-refractivity contribution in [2.45, 2.75) is 38.8 Å². The molecular formula is C14H21N3O3. The highest BCUT2D eigenvalue weighted by molar-refractivity contribution is 5.58. The van der Waals surface area contributed by atoms with Crippen LogP contribution in [-0.2, 0) is 0 Å². The van der Waals surface area contributed by atoms with E-state index >= 15 is 0 Å². The van der Waals surface area contributed by atoms with Crippen molar-refractivity contribution >= 4 is 11.4 Å². The summed E-state index contributed by atoms with van der Waals surface area (Å²) in [6.07, 6.45) is 2.44. The van der Waals surface area contributed by atoms with Crippen LogP contribution in [0.4, 0.5) is 11.4 Å². The first-order valence-corrected chi connectivity index (χ1v) is 6.98. The molecular weight excluding hydrogens is 258 g/mol. The van der Waals surface area contributed by atoms with Crippen molar-refractivity contribution in [3.8, 4) is 5.75 Å². The van der Waals surface area contributed by atoms with E-state index in [1.807, 2.05) is 13.8 Å². The molecule has 0 spiro atoms. The number of anilines is 1. The maximum absolute atomic E-state index is 11.0. The lowest BCUT2D eigenvalue weighted by Gasteiger charge is -2.12. The van der Waals surface area contributed by atoms with Crippen molar-refractivity contribution in [3.05, 3.63) is 28.3 Å². The number of nitrogens with zero attached hydrogens (tertiary/aromatic N) is 1. The predicted octanol–water partition coefficient (Wildman–Crippen LogP) is 2.55. The highest BCUT2D eigenvalue weighted by Crippen LogP contribution is 2.30. The molecule has 0 aliphatic heterocycles. The molecule has 0 amide bonds. The van der Waals surface area contributed by atoms with Gasteiger partial charge < -0.3 is 15.4 Å². The standard InChI is InChI=1S/C14H21N3O3/c1-10(2)20-14-9-12(5-6-13(14)17(18)19)16-8-7-15-11-3-4-11/h5-6,9-11,15-16H,3-4,7-8H2,1-2H3. The van der Waals surface area contributed by atoms with Crippen LogP contribution in [0.2, 0.25) is 0 Å². The van der Waals surface area contributed by atoms with Gasteiger partial charge in [-0.05, 0) is 32.8 Å². The zero-order valence-electron chi connectivity index (χ0n) is 11.9. The highest BCUT2D eigenvalue weighted by atomic mass is 16.6. The van der Waals surface area contributed by atoms with Crippen LogP contribution in [0.25, 0.3) is 0 Å². The van der Waals surface area contributed by atoms with Gasteiger partial charge in [-0.15, -0.1) is 0 Å². The van der Waals surface area contributed by atoms with E-state index in [2.05, 4.69) is 10.6 Å². The van der Waals surface area contributed by atoms with E-state index in [1.165, 1.54) is 18.9 Å². The second-order valence-corrected chi connectivity index (χ2v) is 5.26. The van der Waals surface area contributed by atoms with Gasteiger partial charge in [0.25, 0.3) is 0 Å². The Morgan fingerprint density at radius 3 is 2.75 bits per heavy atom. The van der Waals surface area contributed by atoms with Crippen molar-refractivity contribution in [1.82, 2.24) is 5.32 Å². The Bertz CT molecular complexity index is 473. The topological polar surface area (TPSA) is 76.4 Å². The fourth-order valence-corrected chi connectivity index (χ4v) is 1.89. The lowest BCUT2D eigenvalue weighted by atomic mass is 10.2. The zero-order valence-corrected chi connectivity index (χ0v) is 11.9. The van der Waals surface area contributed by atoms with Gasteiger partial charge >= 0.3 is 5.69 Å². The minimum atomic E-state index is -0.420. The minimum absolute atomic E-state index is 0.000329. The van der Waals surface area contributed by atoms with Gasteiger partial charge in [-0.1, -0.05) is 0 Å². The van der Waals surface area contributed by atoms with Crippen LogP contribution in [0.5, 0.6) is 5.75 Å². The van der Waals surface area contributed by atoms with Gasteiger partial charge in [0.15, 0.2) is 5.75 Å². The average molecular weight is 279 g/mol. The van der Waals surface area contributed by atoms with Crippen LogP contribution >= 0.6 is 0 Å². The second-order valence-electron chi connectivity index (χ2n) is 5.26. The first-order chi connectivity index (χ1) is 9.56. The normalized spacial score (nSPS) is 14.3. The first-order valence-electron chi connectivity index (χ1n) is 6.98. The summed E-state index contributed by atoms with van der Waals surface area (Å²) in [6.45, 7) is 5.38. The summed E-state index contributed by atoms with van der Waals surface area (Å²) in [7, 11) is 0. The van der Waals surface area contributed by atoms with Crippen LogP contribution in [0.3, 0.4) is 0 Å². The summed E-state index contributed by atoms with van der Waals surface area (Å²) in [4.78, 5) is 10.5. The molecule has 1 aliphatic rings. The van der Waals surface area contributed by atoms with E-state index < -0.39 is 4.92 Å². The summed E-state index contributed by atoms with van der Waals surface area (Å²) >= 11 is 0. The Labute approximate surface area is 118 Å². The maximum atomic E-state index is 11.0. The van der Waals surface area contributed by atoms with Gasteiger partial charge in [0, 0.05) is 37.0 Å². The van der Waals surface area contributed by atoms with Gasteiger partial charge in [-0.2, -0.15) is 0 Å². The number of hydrogen-bond acceptors (Lipinski definition) is 5. The van der Waals surface area contributed by atoms with Gasteiger partial charge in [0.05, 0.1) is 11.0 Å². The number of ether oxygens (including phenoxy) is 1. The Morgan fingerprint density at radius 2 is 2.15 bits per heavy atom. The molecule has 0 radical (unpaired) electrons. The first kappa shape index (κ1) is 14.6. The van der Waals surface area contributed by atoms with Crippen molar-refractivity contribution in [2.75, 3.05) is 18.4 Å². The molecule has 0 saturated heterocycles. The lowest BCUT2D eigenvalue weighted by molar-refractivity contribution is -0.386. The molecule has 1 aromatic rings. The SMILES string of the molecule is CC(C)Oc1cc(NCCNC2CC2)ccc1[N+](=O)[O-]. The summed E-state index contributed by atoms with van der Waals surface area (Å²) in [5, 5.41) is 17.6. The second kappa shape index (κ2) is 6.56. The van der Waals surface area contributed by atoms with Gasteiger partial charge in [0.2, 0.25) is 0 Å². The number of benzene rings is 1. The maximum Gasteiger partial charge on any atom is 0.311 e. The van der Waals surface area contributed by atoms with Crippen LogP contribution in [-0.4, -0.2) is 30.2 Å². The molecule has 0 heterocycles. The molecule has 0 aromatic heterocycles. The van der Waals surface area contributed by atoms with Crippen molar-refractivity contribution in [1.29, 1.82) is 0 Å². The summed E-state index contributed by atoms with van der Waals surface area (Å²) < 4.78 is 5.50. The molecule has 0 bridgehead atoms. The molecule has 6 heteroatoms. The quantitative estimate of drug-likeness (QED) is 0.434. The summed E-state index contributed by atoms with van der Waals surface area (Å²) in [6, 6.07) is 5.57. The molecule has 2 rings (SSSR count). The Morgan fingerprint density at radius 1 is 1.40 bits per heavy atom. The third-order valence-electron chi connectivity index (χ3n) is 2.98. The number of nitro groups is 1. The summed E-state index contributed by atoms with van der Waals surface area (Å²) in [5.41, 5.74) is 0.837. The van der Waals surface area contributed by atoms with Gasteiger partial charge in [0.1, 0.15) is 0 Å². The Kier molecular flexibility index (Phi) is 4.79. The molecule has 2 N–H and O–H groups in total. The highest BCUT2D eigenvalue weighted by Gasteiger charge is 2.19. The molecule has 20 heavy (non-hydrogen) atoms. The Balaban J connectivity index is 1.95. The van der Waals surface area contributed by atoms with Crippen molar-refractivity contribution < 1.29 is 9.66 Å². The molecule has 110 valence electrons. The molecule has 1 aliphatic carbocycles. The largest absolute Gasteiger partial charge is 0.484 e. The molecule has 1 fully saturated rings.